The number of piperidine rings is 1. The minimum absolute atomic E-state index is 0.0221. The van der Waals surface area contributed by atoms with E-state index in [9.17, 15) is 14.3 Å². The number of likely N-dealkylation sites (tertiary alicyclic amines) is 1. The van der Waals surface area contributed by atoms with Gasteiger partial charge < -0.3 is 9.63 Å². The molecular formula is C17H20FN3O3. The maximum absolute atomic E-state index is 13.0. The first kappa shape index (κ1) is 16.6. The molecule has 1 aromatic heterocycles. The number of carboxylic acids is 1. The number of aliphatic carboxylic acids is 1. The summed E-state index contributed by atoms with van der Waals surface area (Å²) in [6, 6.07) is 5.44. The Morgan fingerprint density at radius 2 is 2.21 bits per heavy atom. The molecule has 1 aliphatic heterocycles. The van der Waals surface area contributed by atoms with Crippen LogP contribution in [-0.2, 0) is 4.79 Å². The Morgan fingerprint density at radius 3 is 2.88 bits per heavy atom. The van der Waals surface area contributed by atoms with E-state index in [1.54, 1.807) is 12.1 Å². The summed E-state index contributed by atoms with van der Waals surface area (Å²) in [6.07, 6.45) is 2.34. The van der Waals surface area contributed by atoms with Crippen LogP contribution in [0.4, 0.5) is 4.39 Å². The lowest BCUT2D eigenvalue weighted by atomic mass is 9.96. The van der Waals surface area contributed by atoms with E-state index in [2.05, 4.69) is 10.1 Å². The summed E-state index contributed by atoms with van der Waals surface area (Å²) in [5.41, 5.74) is 0.691. The van der Waals surface area contributed by atoms with E-state index in [0.717, 1.165) is 19.4 Å². The van der Waals surface area contributed by atoms with Crippen molar-refractivity contribution in [2.24, 2.45) is 0 Å². The maximum atomic E-state index is 13.0. The fraction of sp³-hybridized carbons (Fsp3) is 0.471. The SMILES string of the molecule is CCC(C(=O)O)N1CCCC(c2nc(-c3ccc(F)cc3)no2)C1. The molecule has 1 aliphatic rings. The summed E-state index contributed by atoms with van der Waals surface area (Å²) in [7, 11) is 0. The summed E-state index contributed by atoms with van der Waals surface area (Å²) >= 11 is 0. The Balaban J connectivity index is 1.75. The van der Waals surface area contributed by atoms with Crippen molar-refractivity contribution >= 4 is 5.97 Å². The molecule has 1 aromatic carbocycles. The lowest BCUT2D eigenvalue weighted by molar-refractivity contribution is -0.144. The molecule has 3 rings (SSSR count). The second-order valence-corrected chi connectivity index (χ2v) is 6.06. The van der Waals surface area contributed by atoms with E-state index in [-0.39, 0.29) is 11.7 Å². The molecule has 1 saturated heterocycles. The van der Waals surface area contributed by atoms with E-state index in [1.165, 1.54) is 12.1 Å². The number of hydrogen-bond donors (Lipinski definition) is 1. The number of benzene rings is 1. The molecule has 7 heteroatoms. The van der Waals surface area contributed by atoms with Crippen molar-refractivity contribution in [2.75, 3.05) is 13.1 Å². The summed E-state index contributed by atoms with van der Waals surface area (Å²) in [4.78, 5) is 17.8. The third-order valence-electron chi connectivity index (χ3n) is 4.46. The van der Waals surface area contributed by atoms with Crippen LogP contribution in [0.2, 0.25) is 0 Å². The number of nitrogens with zero attached hydrogens (tertiary/aromatic N) is 3. The zero-order chi connectivity index (χ0) is 17.1. The van der Waals surface area contributed by atoms with Crippen LogP contribution in [-0.4, -0.2) is 45.2 Å². The molecule has 2 aromatic rings. The molecule has 0 saturated carbocycles. The molecule has 0 spiro atoms. The van der Waals surface area contributed by atoms with E-state index in [4.69, 9.17) is 4.52 Å². The molecule has 2 unspecified atom stereocenters. The third-order valence-corrected chi connectivity index (χ3v) is 4.46. The van der Waals surface area contributed by atoms with Crippen molar-refractivity contribution in [3.8, 4) is 11.4 Å². The predicted molar refractivity (Wildman–Crippen MR) is 85.0 cm³/mol. The van der Waals surface area contributed by atoms with Crippen molar-refractivity contribution in [1.29, 1.82) is 0 Å². The second-order valence-electron chi connectivity index (χ2n) is 6.06. The van der Waals surface area contributed by atoms with Gasteiger partial charge in [0.2, 0.25) is 11.7 Å². The van der Waals surface area contributed by atoms with Crippen LogP contribution in [0.15, 0.2) is 28.8 Å². The minimum Gasteiger partial charge on any atom is -0.480 e. The van der Waals surface area contributed by atoms with Crippen LogP contribution in [0.5, 0.6) is 0 Å². The van der Waals surface area contributed by atoms with Crippen LogP contribution in [0.1, 0.15) is 38.0 Å². The first-order valence-electron chi connectivity index (χ1n) is 8.15. The predicted octanol–water partition coefficient (Wildman–Crippen LogP) is 2.92. The van der Waals surface area contributed by atoms with Crippen molar-refractivity contribution in [3.63, 3.8) is 0 Å². The zero-order valence-electron chi connectivity index (χ0n) is 13.5. The standard InChI is InChI=1S/C17H20FN3O3/c1-2-14(17(22)23)21-9-3-4-12(10-21)16-19-15(20-24-16)11-5-7-13(18)8-6-11/h5-8,12,14H,2-4,9-10H2,1H3,(H,22,23). The molecular weight excluding hydrogens is 313 g/mol. The molecule has 0 aliphatic carbocycles. The van der Waals surface area contributed by atoms with E-state index >= 15 is 0 Å². The van der Waals surface area contributed by atoms with Gasteiger partial charge in [-0.25, -0.2) is 4.39 Å². The number of carbonyl (C=O) groups is 1. The smallest absolute Gasteiger partial charge is 0.320 e. The molecule has 128 valence electrons. The van der Waals surface area contributed by atoms with Gasteiger partial charge in [-0.3, -0.25) is 9.69 Å². The van der Waals surface area contributed by atoms with Crippen molar-refractivity contribution in [2.45, 2.75) is 38.1 Å². The monoisotopic (exact) mass is 333 g/mol. The van der Waals surface area contributed by atoms with Crippen molar-refractivity contribution in [3.05, 3.63) is 36.0 Å². The second kappa shape index (κ2) is 7.09. The Kier molecular flexibility index (Phi) is 4.89. The third kappa shape index (κ3) is 3.46. The van der Waals surface area contributed by atoms with E-state index in [1.807, 2.05) is 11.8 Å². The topological polar surface area (TPSA) is 79.5 Å². The molecule has 0 radical (unpaired) electrons. The van der Waals surface area contributed by atoms with Crippen LogP contribution in [0, 0.1) is 5.82 Å². The fourth-order valence-electron chi connectivity index (χ4n) is 3.20. The normalized spacial score (nSPS) is 20.0. The quantitative estimate of drug-likeness (QED) is 0.906. The highest BCUT2D eigenvalue weighted by molar-refractivity contribution is 5.73. The summed E-state index contributed by atoms with van der Waals surface area (Å²) in [5.74, 6) is -0.152. The summed E-state index contributed by atoms with van der Waals surface area (Å²) in [5, 5.41) is 13.3. The molecule has 2 heterocycles. The molecule has 24 heavy (non-hydrogen) atoms. The van der Waals surface area contributed by atoms with Crippen LogP contribution in [0.3, 0.4) is 0 Å². The van der Waals surface area contributed by atoms with Crippen molar-refractivity contribution in [1.82, 2.24) is 15.0 Å². The summed E-state index contributed by atoms with van der Waals surface area (Å²) in [6.45, 7) is 3.23. The van der Waals surface area contributed by atoms with Gasteiger partial charge in [0, 0.05) is 12.1 Å². The van der Waals surface area contributed by atoms with Gasteiger partial charge in [-0.2, -0.15) is 4.98 Å². The van der Waals surface area contributed by atoms with E-state index in [0.29, 0.717) is 30.2 Å². The lowest BCUT2D eigenvalue weighted by Crippen LogP contribution is -2.45. The van der Waals surface area contributed by atoms with Gasteiger partial charge in [0.05, 0.1) is 5.92 Å². The van der Waals surface area contributed by atoms with Crippen molar-refractivity contribution < 1.29 is 18.8 Å². The van der Waals surface area contributed by atoms with Gasteiger partial charge in [0.25, 0.3) is 0 Å². The van der Waals surface area contributed by atoms with Gasteiger partial charge in [-0.1, -0.05) is 12.1 Å². The van der Waals surface area contributed by atoms with Crippen LogP contribution in [0.25, 0.3) is 11.4 Å². The lowest BCUT2D eigenvalue weighted by Gasteiger charge is -2.34. The maximum Gasteiger partial charge on any atom is 0.320 e. The number of carboxylic acid groups (broad SMARTS) is 1. The first-order valence-corrected chi connectivity index (χ1v) is 8.15. The number of rotatable bonds is 5. The molecule has 0 amide bonds. The molecule has 6 nitrogen and oxygen atoms in total. The highest BCUT2D eigenvalue weighted by Gasteiger charge is 2.32. The molecule has 2 atom stereocenters. The molecule has 1 N–H and O–H groups in total. The number of aromatic nitrogens is 2. The zero-order valence-corrected chi connectivity index (χ0v) is 13.5. The molecule has 1 fully saturated rings. The van der Waals surface area contributed by atoms with Gasteiger partial charge in [-0.05, 0) is 50.1 Å². The van der Waals surface area contributed by atoms with Gasteiger partial charge in [-0.15, -0.1) is 0 Å². The number of hydrogen-bond acceptors (Lipinski definition) is 5. The summed E-state index contributed by atoms with van der Waals surface area (Å²) < 4.78 is 18.4. The minimum atomic E-state index is -0.796. The van der Waals surface area contributed by atoms with Gasteiger partial charge in [0.15, 0.2) is 0 Å². The largest absolute Gasteiger partial charge is 0.480 e. The highest BCUT2D eigenvalue weighted by atomic mass is 19.1. The van der Waals surface area contributed by atoms with Crippen LogP contribution < -0.4 is 0 Å². The Morgan fingerprint density at radius 1 is 1.46 bits per heavy atom. The average molecular weight is 333 g/mol. The van der Waals surface area contributed by atoms with Gasteiger partial charge in [0.1, 0.15) is 11.9 Å². The van der Waals surface area contributed by atoms with E-state index < -0.39 is 12.0 Å². The van der Waals surface area contributed by atoms with Crippen LogP contribution >= 0.6 is 0 Å². The Labute approximate surface area is 139 Å². The number of halogens is 1. The fourth-order valence-corrected chi connectivity index (χ4v) is 3.20. The average Bonchev–Trinajstić information content (AvgIpc) is 3.06. The Hall–Kier alpha value is -2.28. The molecule has 0 bridgehead atoms. The highest BCUT2D eigenvalue weighted by Crippen LogP contribution is 2.29. The van der Waals surface area contributed by atoms with Gasteiger partial charge >= 0.3 is 5.97 Å². The Bertz CT molecular complexity index is 701. The first-order chi connectivity index (χ1) is 11.6.